The van der Waals surface area contributed by atoms with Crippen LogP contribution < -0.4 is 14.4 Å². The molecular weight excluding hydrogens is 358 g/mol. The molecule has 2 fully saturated rings. The number of piperidine rings is 1. The zero-order valence-corrected chi connectivity index (χ0v) is 16.3. The number of methoxy groups -OCH3 is 2. The molecule has 2 aliphatic rings. The van der Waals surface area contributed by atoms with Gasteiger partial charge in [0.05, 0.1) is 25.7 Å². The van der Waals surface area contributed by atoms with E-state index in [4.69, 9.17) is 9.47 Å². The van der Waals surface area contributed by atoms with Crippen molar-refractivity contribution < 1.29 is 14.3 Å². The van der Waals surface area contributed by atoms with Gasteiger partial charge in [-0.1, -0.05) is 6.07 Å². The molecule has 0 aliphatic carbocycles. The first-order valence-electron chi connectivity index (χ1n) is 9.54. The Hall–Kier alpha value is -2.90. The summed E-state index contributed by atoms with van der Waals surface area (Å²) in [6.07, 6.45) is 6.28. The molecule has 1 atom stereocenters. The van der Waals surface area contributed by atoms with Gasteiger partial charge in [-0.15, -0.1) is 0 Å². The van der Waals surface area contributed by atoms with E-state index in [0.29, 0.717) is 30.8 Å². The number of likely N-dealkylation sites (tertiary alicyclic amines) is 1. The minimum absolute atomic E-state index is 0.222. The Labute approximate surface area is 164 Å². The molecule has 0 radical (unpaired) electrons. The lowest BCUT2D eigenvalue weighted by Crippen LogP contribution is -2.49. The van der Waals surface area contributed by atoms with E-state index in [-0.39, 0.29) is 11.3 Å². The molecule has 28 heavy (non-hydrogen) atoms. The van der Waals surface area contributed by atoms with Crippen LogP contribution in [0.4, 0.5) is 5.95 Å². The molecule has 1 spiro atoms. The van der Waals surface area contributed by atoms with Gasteiger partial charge in [-0.25, -0.2) is 0 Å². The van der Waals surface area contributed by atoms with Gasteiger partial charge < -0.3 is 19.3 Å². The number of anilines is 1. The summed E-state index contributed by atoms with van der Waals surface area (Å²) in [5.41, 5.74) is 0.684. The van der Waals surface area contributed by atoms with E-state index in [1.807, 2.05) is 23.2 Å². The van der Waals surface area contributed by atoms with Gasteiger partial charge in [0.2, 0.25) is 23.6 Å². The van der Waals surface area contributed by atoms with Crippen LogP contribution in [0.2, 0.25) is 0 Å². The van der Waals surface area contributed by atoms with Crippen molar-refractivity contribution in [3.8, 4) is 11.8 Å². The van der Waals surface area contributed by atoms with Crippen molar-refractivity contribution in [2.45, 2.75) is 25.8 Å². The molecule has 8 nitrogen and oxygen atoms in total. The molecule has 0 bridgehead atoms. The lowest BCUT2D eigenvalue weighted by molar-refractivity contribution is -0.145. The van der Waals surface area contributed by atoms with Crippen LogP contribution in [0, 0.1) is 5.41 Å². The number of aromatic nitrogens is 3. The maximum Gasteiger partial charge on any atom is 0.232 e. The van der Waals surface area contributed by atoms with Crippen LogP contribution >= 0.6 is 0 Å². The van der Waals surface area contributed by atoms with Crippen LogP contribution in [0.3, 0.4) is 0 Å². The van der Waals surface area contributed by atoms with E-state index >= 15 is 0 Å². The number of ether oxygens (including phenoxy) is 2. The highest BCUT2D eigenvalue weighted by atomic mass is 16.5. The Morgan fingerprint density at radius 1 is 1.14 bits per heavy atom. The van der Waals surface area contributed by atoms with Crippen LogP contribution in [0.15, 0.2) is 30.6 Å². The molecule has 0 saturated carbocycles. The Morgan fingerprint density at radius 3 is 2.61 bits per heavy atom. The number of nitrogens with zero attached hydrogens (tertiary/aromatic N) is 5. The third kappa shape index (κ3) is 3.46. The molecule has 2 aromatic rings. The highest BCUT2D eigenvalue weighted by molar-refractivity contribution is 5.85. The maximum absolute atomic E-state index is 13.4. The van der Waals surface area contributed by atoms with E-state index in [1.54, 1.807) is 26.5 Å². The molecule has 8 heteroatoms. The quantitative estimate of drug-likeness (QED) is 0.780. The lowest BCUT2D eigenvalue weighted by Gasteiger charge is -2.39. The standard InChI is InChI=1S/C20H25N5O3/c1-27-16-11-17(28-2)23-19(22-16)25-10-7-20(14-25)6-4-9-24(18(20)26)13-15-5-3-8-21-12-15/h3,5,8,11-12H,4,6-7,9-10,13-14H2,1-2H3. The first-order valence-corrected chi connectivity index (χ1v) is 9.54. The fourth-order valence-corrected chi connectivity index (χ4v) is 4.18. The largest absolute Gasteiger partial charge is 0.481 e. The molecule has 1 unspecified atom stereocenters. The van der Waals surface area contributed by atoms with Gasteiger partial charge in [-0.3, -0.25) is 9.78 Å². The van der Waals surface area contributed by atoms with E-state index in [9.17, 15) is 4.79 Å². The van der Waals surface area contributed by atoms with Gasteiger partial charge in [0.15, 0.2) is 0 Å². The predicted octanol–water partition coefficient (Wildman–Crippen LogP) is 1.91. The van der Waals surface area contributed by atoms with Gasteiger partial charge in [0, 0.05) is 38.6 Å². The van der Waals surface area contributed by atoms with Crippen LogP contribution in [0.1, 0.15) is 24.8 Å². The number of pyridine rings is 1. The third-order valence-electron chi connectivity index (χ3n) is 5.64. The second-order valence-corrected chi connectivity index (χ2v) is 7.40. The maximum atomic E-state index is 13.4. The fourth-order valence-electron chi connectivity index (χ4n) is 4.18. The number of rotatable bonds is 5. The van der Waals surface area contributed by atoms with Crippen LogP contribution in [-0.2, 0) is 11.3 Å². The molecule has 0 aromatic carbocycles. The zero-order valence-electron chi connectivity index (χ0n) is 16.3. The number of hydrogen-bond donors (Lipinski definition) is 0. The Morgan fingerprint density at radius 2 is 1.93 bits per heavy atom. The van der Waals surface area contributed by atoms with Crippen LogP contribution in [-0.4, -0.2) is 59.6 Å². The SMILES string of the molecule is COc1cc(OC)nc(N2CCC3(CCCN(Cc4cccnc4)C3=O)C2)n1. The Balaban J connectivity index is 1.52. The molecule has 2 saturated heterocycles. The Bertz CT molecular complexity index is 825. The normalized spacial score (nSPS) is 22.0. The Kier molecular flexibility index (Phi) is 5.02. The first-order chi connectivity index (χ1) is 13.6. The predicted molar refractivity (Wildman–Crippen MR) is 103 cm³/mol. The summed E-state index contributed by atoms with van der Waals surface area (Å²) in [6.45, 7) is 2.76. The molecular formula is C20H25N5O3. The number of carbonyl (C=O) groups is 1. The molecule has 4 rings (SSSR count). The second-order valence-electron chi connectivity index (χ2n) is 7.40. The summed E-state index contributed by atoms with van der Waals surface area (Å²) >= 11 is 0. The van der Waals surface area contributed by atoms with E-state index in [1.165, 1.54) is 0 Å². The summed E-state index contributed by atoms with van der Waals surface area (Å²) in [4.78, 5) is 30.5. The average molecular weight is 383 g/mol. The summed E-state index contributed by atoms with van der Waals surface area (Å²) in [5.74, 6) is 1.68. The minimum Gasteiger partial charge on any atom is -0.481 e. The molecule has 0 N–H and O–H groups in total. The van der Waals surface area contributed by atoms with Gasteiger partial charge >= 0.3 is 0 Å². The van der Waals surface area contributed by atoms with Gasteiger partial charge in [-0.2, -0.15) is 9.97 Å². The zero-order chi connectivity index (χ0) is 19.6. The topological polar surface area (TPSA) is 80.7 Å². The van der Waals surface area contributed by atoms with Crippen molar-refractivity contribution in [2.24, 2.45) is 5.41 Å². The summed E-state index contributed by atoms with van der Waals surface area (Å²) in [7, 11) is 3.13. The first kappa shape index (κ1) is 18.5. The van der Waals surface area contributed by atoms with Crippen molar-refractivity contribution in [1.82, 2.24) is 19.9 Å². The summed E-state index contributed by atoms with van der Waals surface area (Å²) in [5, 5.41) is 0. The molecule has 2 aliphatic heterocycles. The van der Waals surface area contributed by atoms with Crippen LogP contribution in [0.25, 0.3) is 0 Å². The molecule has 4 heterocycles. The van der Waals surface area contributed by atoms with Crippen molar-refractivity contribution in [2.75, 3.05) is 38.8 Å². The van der Waals surface area contributed by atoms with E-state index in [0.717, 1.165) is 37.9 Å². The summed E-state index contributed by atoms with van der Waals surface area (Å²) in [6, 6.07) is 5.57. The fraction of sp³-hybridized carbons (Fsp3) is 0.500. The van der Waals surface area contributed by atoms with E-state index < -0.39 is 0 Å². The minimum atomic E-state index is -0.375. The molecule has 1 amide bonds. The van der Waals surface area contributed by atoms with Gasteiger partial charge in [0.25, 0.3) is 0 Å². The third-order valence-corrected chi connectivity index (χ3v) is 5.64. The van der Waals surface area contributed by atoms with Crippen molar-refractivity contribution in [1.29, 1.82) is 0 Å². The number of amides is 1. The van der Waals surface area contributed by atoms with Crippen molar-refractivity contribution >= 4 is 11.9 Å². The summed E-state index contributed by atoms with van der Waals surface area (Å²) < 4.78 is 10.5. The van der Waals surface area contributed by atoms with E-state index in [2.05, 4.69) is 19.9 Å². The number of hydrogen-bond acceptors (Lipinski definition) is 7. The van der Waals surface area contributed by atoms with Gasteiger partial charge in [0.1, 0.15) is 0 Å². The monoisotopic (exact) mass is 383 g/mol. The average Bonchev–Trinajstić information content (AvgIpc) is 3.17. The van der Waals surface area contributed by atoms with Crippen LogP contribution in [0.5, 0.6) is 11.8 Å². The van der Waals surface area contributed by atoms with Crippen molar-refractivity contribution in [3.05, 3.63) is 36.2 Å². The molecule has 148 valence electrons. The smallest absolute Gasteiger partial charge is 0.232 e. The lowest BCUT2D eigenvalue weighted by atomic mass is 9.78. The molecule has 2 aromatic heterocycles. The van der Waals surface area contributed by atoms with Crippen molar-refractivity contribution in [3.63, 3.8) is 0 Å². The number of carbonyl (C=O) groups excluding carboxylic acids is 1. The van der Waals surface area contributed by atoms with Gasteiger partial charge in [-0.05, 0) is 30.9 Å². The second kappa shape index (κ2) is 7.61. The highest BCUT2D eigenvalue weighted by Gasteiger charge is 2.49. The highest BCUT2D eigenvalue weighted by Crippen LogP contribution is 2.41.